The Kier molecular flexibility index (Phi) is 3.25. The van der Waals surface area contributed by atoms with Gasteiger partial charge in [-0.3, -0.25) is 9.40 Å². The molecule has 0 aliphatic carbocycles. The van der Waals surface area contributed by atoms with E-state index in [4.69, 9.17) is 5.73 Å². The predicted octanol–water partition coefficient (Wildman–Crippen LogP) is -0.157. The van der Waals surface area contributed by atoms with Gasteiger partial charge in [0.05, 0.1) is 6.20 Å². The van der Waals surface area contributed by atoms with E-state index in [9.17, 15) is 17.2 Å². The summed E-state index contributed by atoms with van der Waals surface area (Å²) in [5, 5.41) is 3.70. The monoisotopic (exact) mass is 240 g/mol. The highest BCUT2D eigenvalue weighted by molar-refractivity contribution is 7.92. The van der Waals surface area contributed by atoms with Crippen LogP contribution in [0.1, 0.15) is 5.56 Å². The summed E-state index contributed by atoms with van der Waals surface area (Å²) < 4.78 is 48.7. The Morgan fingerprint density at radius 2 is 2.27 bits per heavy atom. The first-order chi connectivity index (χ1) is 6.88. The maximum atomic E-state index is 12.1. The fraction of sp³-hybridized carbons (Fsp3) is 0.500. The summed E-state index contributed by atoms with van der Waals surface area (Å²) in [6, 6.07) is 0. The lowest BCUT2D eigenvalue weighted by molar-refractivity contribution is 0.236. The molecule has 0 amide bonds. The third-order valence-electron chi connectivity index (χ3n) is 1.71. The summed E-state index contributed by atoms with van der Waals surface area (Å²) >= 11 is 0. The van der Waals surface area contributed by atoms with Crippen LogP contribution in [-0.2, 0) is 23.6 Å². The minimum atomic E-state index is -4.68. The van der Waals surface area contributed by atoms with Gasteiger partial charge in [-0.25, -0.2) is 8.42 Å². The molecular weight excluding hydrogens is 230 g/mol. The van der Waals surface area contributed by atoms with Crippen molar-refractivity contribution in [3.05, 3.63) is 11.8 Å². The second-order valence-electron chi connectivity index (χ2n) is 2.75. The van der Waals surface area contributed by atoms with E-state index in [1.54, 1.807) is 4.72 Å². The molecule has 0 saturated heterocycles. The molecule has 9 heteroatoms. The Balaban J connectivity index is 3.04. The van der Waals surface area contributed by atoms with E-state index in [0.29, 0.717) is 5.56 Å². The number of alkyl halides is 2. The first-order valence-corrected chi connectivity index (χ1v) is 5.44. The maximum absolute atomic E-state index is 12.1. The molecule has 0 bridgehead atoms. The van der Waals surface area contributed by atoms with Gasteiger partial charge in [0.2, 0.25) is 0 Å². The number of sulfonamides is 1. The van der Waals surface area contributed by atoms with Crippen LogP contribution in [0.4, 0.5) is 14.6 Å². The highest BCUT2D eigenvalue weighted by atomic mass is 32.2. The SMILES string of the molecule is Cn1ncc(CN)c1NS(=O)(=O)C(F)F. The van der Waals surface area contributed by atoms with E-state index in [2.05, 4.69) is 5.10 Å². The van der Waals surface area contributed by atoms with Crippen LogP contribution in [0.3, 0.4) is 0 Å². The zero-order chi connectivity index (χ0) is 11.6. The molecule has 1 rings (SSSR count). The van der Waals surface area contributed by atoms with Gasteiger partial charge >= 0.3 is 5.76 Å². The van der Waals surface area contributed by atoms with Crippen molar-refractivity contribution >= 4 is 15.8 Å². The number of nitrogens with zero attached hydrogens (tertiary/aromatic N) is 2. The molecule has 1 aromatic rings. The van der Waals surface area contributed by atoms with Gasteiger partial charge in [-0.05, 0) is 0 Å². The lowest BCUT2D eigenvalue weighted by Gasteiger charge is -2.08. The summed E-state index contributed by atoms with van der Waals surface area (Å²) in [4.78, 5) is 0. The molecule has 15 heavy (non-hydrogen) atoms. The Labute approximate surface area is 85.1 Å². The number of anilines is 1. The fourth-order valence-corrected chi connectivity index (χ4v) is 1.57. The highest BCUT2D eigenvalue weighted by Crippen LogP contribution is 2.17. The minimum Gasteiger partial charge on any atom is -0.326 e. The molecule has 0 unspecified atom stereocenters. The number of aromatic nitrogens is 2. The molecule has 0 aliphatic rings. The van der Waals surface area contributed by atoms with Gasteiger partial charge in [0.15, 0.2) is 0 Å². The molecule has 3 N–H and O–H groups in total. The molecule has 1 aromatic heterocycles. The van der Waals surface area contributed by atoms with Crippen LogP contribution in [0, 0.1) is 0 Å². The van der Waals surface area contributed by atoms with Crippen molar-refractivity contribution in [3.63, 3.8) is 0 Å². The van der Waals surface area contributed by atoms with Crippen LogP contribution in [0.5, 0.6) is 0 Å². The molecular formula is C6H10F2N4O2S. The van der Waals surface area contributed by atoms with Crippen molar-refractivity contribution in [2.75, 3.05) is 4.72 Å². The van der Waals surface area contributed by atoms with Crippen molar-refractivity contribution in [2.24, 2.45) is 12.8 Å². The summed E-state index contributed by atoms with van der Waals surface area (Å²) in [7, 11) is -3.26. The number of hydrogen-bond donors (Lipinski definition) is 2. The van der Waals surface area contributed by atoms with E-state index in [1.807, 2.05) is 0 Å². The van der Waals surface area contributed by atoms with Gasteiger partial charge in [-0.1, -0.05) is 0 Å². The van der Waals surface area contributed by atoms with Gasteiger partial charge in [0.25, 0.3) is 10.0 Å². The standard InChI is InChI=1S/C6H10F2N4O2S/c1-12-5(4(2-9)3-10-12)11-15(13,14)6(7)8/h3,6,11H,2,9H2,1H3. The Hall–Kier alpha value is -1.22. The quantitative estimate of drug-likeness (QED) is 0.765. The van der Waals surface area contributed by atoms with Crippen LogP contribution in [0.2, 0.25) is 0 Å². The van der Waals surface area contributed by atoms with Crippen LogP contribution < -0.4 is 10.5 Å². The third-order valence-corrected chi connectivity index (χ3v) is 2.65. The first kappa shape index (κ1) is 11.9. The van der Waals surface area contributed by atoms with E-state index in [-0.39, 0.29) is 12.4 Å². The highest BCUT2D eigenvalue weighted by Gasteiger charge is 2.25. The van der Waals surface area contributed by atoms with Gasteiger partial charge < -0.3 is 5.73 Å². The van der Waals surface area contributed by atoms with Gasteiger partial charge in [-0.2, -0.15) is 13.9 Å². The molecule has 6 nitrogen and oxygen atoms in total. The number of nitrogens with two attached hydrogens (primary N) is 1. The molecule has 0 fully saturated rings. The maximum Gasteiger partial charge on any atom is 0.355 e. The zero-order valence-corrected chi connectivity index (χ0v) is 8.63. The van der Waals surface area contributed by atoms with E-state index in [0.717, 1.165) is 4.68 Å². The number of nitrogens with one attached hydrogen (secondary N) is 1. The second-order valence-corrected chi connectivity index (χ2v) is 4.40. The third kappa shape index (κ3) is 2.42. The van der Waals surface area contributed by atoms with Crippen molar-refractivity contribution in [2.45, 2.75) is 12.3 Å². The minimum absolute atomic E-state index is 0.00886. The Morgan fingerprint density at radius 1 is 1.67 bits per heavy atom. The van der Waals surface area contributed by atoms with Gasteiger partial charge in [0, 0.05) is 19.2 Å². The topological polar surface area (TPSA) is 90.0 Å². The van der Waals surface area contributed by atoms with Crippen LogP contribution in [0.25, 0.3) is 0 Å². The van der Waals surface area contributed by atoms with Crippen molar-refractivity contribution in [3.8, 4) is 0 Å². The second kappa shape index (κ2) is 4.11. The van der Waals surface area contributed by atoms with Gasteiger partial charge in [-0.15, -0.1) is 0 Å². The Morgan fingerprint density at radius 3 is 2.73 bits per heavy atom. The summed E-state index contributed by atoms with van der Waals surface area (Å²) in [6.07, 6.45) is 1.31. The molecule has 0 aromatic carbocycles. The molecule has 0 spiro atoms. The molecule has 1 heterocycles. The normalized spacial score (nSPS) is 12.1. The van der Waals surface area contributed by atoms with Crippen LogP contribution in [-0.4, -0.2) is 24.0 Å². The average molecular weight is 240 g/mol. The van der Waals surface area contributed by atoms with E-state index < -0.39 is 15.8 Å². The van der Waals surface area contributed by atoms with Crippen molar-refractivity contribution < 1.29 is 17.2 Å². The molecule has 86 valence electrons. The number of aryl methyl sites for hydroxylation is 1. The lowest BCUT2D eigenvalue weighted by atomic mass is 10.3. The molecule has 0 radical (unpaired) electrons. The predicted molar refractivity (Wildman–Crippen MR) is 49.6 cm³/mol. The lowest BCUT2D eigenvalue weighted by Crippen LogP contribution is -2.23. The Bertz CT molecular complexity index is 442. The van der Waals surface area contributed by atoms with E-state index in [1.165, 1.54) is 13.2 Å². The fourth-order valence-electron chi connectivity index (χ4n) is 0.943. The summed E-state index contributed by atoms with van der Waals surface area (Å²) in [6.45, 7) is 0.00886. The molecule has 0 saturated carbocycles. The van der Waals surface area contributed by atoms with Gasteiger partial charge in [0.1, 0.15) is 5.82 Å². The zero-order valence-electron chi connectivity index (χ0n) is 7.81. The average Bonchev–Trinajstić information content (AvgIpc) is 2.47. The van der Waals surface area contributed by atoms with Crippen LogP contribution >= 0.6 is 0 Å². The summed E-state index contributed by atoms with van der Waals surface area (Å²) in [5.74, 6) is -3.53. The number of rotatable bonds is 4. The largest absolute Gasteiger partial charge is 0.355 e. The van der Waals surface area contributed by atoms with E-state index >= 15 is 0 Å². The number of hydrogen-bond acceptors (Lipinski definition) is 4. The summed E-state index contributed by atoms with van der Waals surface area (Å²) in [5.41, 5.74) is 5.63. The van der Waals surface area contributed by atoms with Crippen molar-refractivity contribution in [1.29, 1.82) is 0 Å². The van der Waals surface area contributed by atoms with Crippen LogP contribution in [0.15, 0.2) is 6.20 Å². The smallest absolute Gasteiger partial charge is 0.326 e. The first-order valence-electron chi connectivity index (χ1n) is 3.89. The van der Waals surface area contributed by atoms with Crippen molar-refractivity contribution in [1.82, 2.24) is 9.78 Å². The molecule has 0 atom stereocenters. The molecule has 0 aliphatic heterocycles. The number of halogens is 2.